The summed E-state index contributed by atoms with van der Waals surface area (Å²) in [5, 5.41) is 12.2. The van der Waals surface area contributed by atoms with Crippen LogP contribution < -0.4 is 5.32 Å². The van der Waals surface area contributed by atoms with E-state index < -0.39 is 0 Å². The third-order valence-electron chi connectivity index (χ3n) is 2.94. The molecule has 2 rings (SSSR count). The van der Waals surface area contributed by atoms with Crippen LogP contribution in [0.4, 0.5) is 0 Å². The zero-order chi connectivity index (χ0) is 12.8. The highest BCUT2D eigenvalue weighted by Crippen LogP contribution is 2.13. The lowest BCUT2D eigenvalue weighted by Gasteiger charge is -2.13. The minimum Gasteiger partial charge on any atom is -0.469 e. The van der Waals surface area contributed by atoms with Crippen LogP contribution in [0.25, 0.3) is 0 Å². The van der Waals surface area contributed by atoms with Crippen molar-refractivity contribution in [2.24, 2.45) is 0 Å². The first kappa shape index (κ1) is 12.4. The van der Waals surface area contributed by atoms with Gasteiger partial charge in [0, 0.05) is 19.0 Å². The van der Waals surface area contributed by atoms with E-state index in [-0.39, 0.29) is 6.04 Å². The Kier molecular flexibility index (Phi) is 4.16. The summed E-state index contributed by atoms with van der Waals surface area (Å²) in [6.45, 7) is 2.98. The van der Waals surface area contributed by atoms with Crippen LogP contribution in [0, 0.1) is 11.3 Å². The fourth-order valence-electron chi connectivity index (χ4n) is 1.83. The number of furan rings is 1. The highest BCUT2D eigenvalue weighted by atomic mass is 16.3. The number of hydrogen-bond acceptors (Lipinski definition) is 3. The van der Waals surface area contributed by atoms with Crippen LogP contribution in [-0.4, -0.2) is 6.54 Å². The van der Waals surface area contributed by atoms with Crippen molar-refractivity contribution in [1.82, 2.24) is 5.32 Å². The Morgan fingerprint density at radius 3 is 2.67 bits per heavy atom. The number of hydrogen-bond donors (Lipinski definition) is 1. The van der Waals surface area contributed by atoms with Gasteiger partial charge in [-0.15, -0.1) is 0 Å². The molecule has 18 heavy (non-hydrogen) atoms. The second-order valence-corrected chi connectivity index (χ2v) is 4.24. The number of nitrogens with one attached hydrogen (secondary N) is 1. The smallest absolute Gasteiger partial charge is 0.105 e. The highest BCUT2D eigenvalue weighted by Gasteiger charge is 2.04. The molecule has 3 heteroatoms. The van der Waals surface area contributed by atoms with Crippen LogP contribution in [0.1, 0.15) is 29.9 Å². The molecule has 1 atom stereocenters. The molecule has 1 aromatic carbocycles. The van der Waals surface area contributed by atoms with Gasteiger partial charge in [-0.2, -0.15) is 5.26 Å². The lowest BCUT2D eigenvalue weighted by atomic mass is 10.1. The van der Waals surface area contributed by atoms with Crippen LogP contribution in [0.3, 0.4) is 0 Å². The van der Waals surface area contributed by atoms with Crippen LogP contribution in [0.15, 0.2) is 47.1 Å². The average Bonchev–Trinajstić information content (AvgIpc) is 2.92. The van der Waals surface area contributed by atoms with Crippen molar-refractivity contribution in [2.75, 3.05) is 6.54 Å². The van der Waals surface area contributed by atoms with Crippen molar-refractivity contribution < 1.29 is 4.42 Å². The molecule has 1 unspecified atom stereocenters. The van der Waals surface area contributed by atoms with Gasteiger partial charge < -0.3 is 9.73 Å². The lowest BCUT2D eigenvalue weighted by Crippen LogP contribution is -2.21. The molecule has 1 aromatic heterocycles. The predicted molar refractivity (Wildman–Crippen MR) is 70.0 cm³/mol. The molecule has 0 radical (unpaired) electrons. The van der Waals surface area contributed by atoms with Crippen molar-refractivity contribution >= 4 is 0 Å². The van der Waals surface area contributed by atoms with Gasteiger partial charge in [0.2, 0.25) is 0 Å². The van der Waals surface area contributed by atoms with E-state index in [0.29, 0.717) is 5.56 Å². The fourth-order valence-corrected chi connectivity index (χ4v) is 1.83. The maximum atomic E-state index is 8.74. The first-order chi connectivity index (χ1) is 8.79. The molecule has 0 aliphatic carbocycles. The molecule has 0 bridgehead atoms. The first-order valence-electron chi connectivity index (χ1n) is 6.05. The van der Waals surface area contributed by atoms with Crippen molar-refractivity contribution in [3.8, 4) is 6.07 Å². The van der Waals surface area contributed by atoms with Crippen molar-refractivity contribution in [1.29, 1.82) is 5.26 Å². The van der Waals surface area contributed by atoms with Gasteiger partial charge in [0.1, 0.15) is 5.76 Å². The van der Waals surface area contributed by atoms with Crippen molar-refractivity contribution in [2.45, 2.75) is 19.4 Å². The van der Waals surface area contributed by atoms with E-state index >= 15 is 0 Å². The SMILES string of the molecule is CC(NCCc1ccco1)c1ccc(C#N)cc1. The fraction of sp³-hybridized carbons (Fsp3) is 0.267. The Balaban J connectivity index is 1.83. The normalized spacial score (nSPS) is 12.0. The Morgan fingerprint density at radius 2 is 2.06 bits per heavy atom. The Morgan fingerprint density at radius 1 is 1.28 bits per heavy atom. The summed E-state index contributed by atoms with van der Waals surface area (Å²) in [7, 11) is 0. The molecule has 0 aliphatic heterocycles. The minimum atomic E-state index is 0.271. The number of rotatable bonds is 5. The van der Waals surface area contributed by atoms with Gasteiger partial charge in [-0.3, -0.25) is 0 Å². The van der Waals surface area contributed by atoms with Gasteiger partial charge in [0.15, 0.2) is 0 Å². The van der Waals surface area contributed by atoms with E-state index in [2.05, 4.69) is 18.3 Å². The molecule has 3 nitrogen and oxygen atoms in total. The van der Waals surface area contributed by atoms with Gasteiger partial charge in [-0.1, -0.05) is 12.1 Å². The lowest BCUT2D eigenvalue weighted by molar-refractivity contribution is 0.486. The molecule has 0 aliphatic rings. The van der Waals surface area contributed by atoms with Gasteiger partial charge in [-0.05, 0) is 36.8 Å². The Bertz CT molecular complexity index is 508. The Labute approximate surface area is 107 Å². The minimum absolute atomic E-state index is 0.271. The summed E-state index contributed by atoms with van der Waals surface area (Å²) in [5.41, 5.74) is 1.88. The van der Waals surface area contributed by atoms with E-state index in [1.54, 1.807) is 6.26 Å². The zero-order valence-electron chi connectivity index (χ0n) is 10.4. The van der Waals surface area contributed by atoms with Gasteiger partial charge >= 0.3 is 0 Å². The number of benzene rings is 1. The third kappa shape index (κ3) is 3.22. The molecule has 0 amide bonds. The largest absolute Gasteiger partial charge is 0.469 e. The van der Waals surface area contributed by atoms with Gasteiger partial charge in [-0.25, -0.2) is 0 Å². The van der Waals surface area contributed by atoms with Crippen LogP contribution in [0.5, 0.6) is 0 Å². The number of nitrogens with zero attached hydrogens (tertiary/aromatic N) is 1. The van der Waals surface area contributed by atoms with Crippen LogP contribution in [-0.2, 0) is 6.42 Å². The molecule has 0 fully saturated rings. The topological polar surface area (TPSA) is 49.0 Å². The molecule has 0 saturated heterocycles. The molecule has 1 N–H and O–H groups in total. The van der Waals surface area contributed by atoms with Gasteiger partial charge in [0.25, 0.3) is 0 Å². The number of nitriles is 1. The van der Waals surface area contributed by atoms with Gasteiger partial charge in [0.05, 0.1) is 17.9 Å². The van der Waals surface area contributed by atoms with E-state index in [4.69, 9.17) is 9.68 Å². The zero-order valence-corrected chi connectivity index (χ0v) is 10.4. The predicted octanol–water partition coefficient (Wildman–Crippen LogP) is 3.04. The maximum absolute atomic E-state index is 8.74. The van der Waals surface area contributed by atoms with Crippen LogP contribution >= 0.6 is 0 Å². The summed E-state index contributed by atoms with van der Waals surface area (Å²) >= 11 is 0. The molecular weight excluding hydrogens is 224 g/mol. The van der Waals surface area contributed by atoms with E-state index in [1.165, 1.54) is 5.56 Å². The van der Waals surface area contributed by atoms with E-state index in [1.807, 2.05) is 36.4 Å². The first-order valence-corrected chi connectivity index (χ1v) is 6.05. The van der Waals surface area contributed by atoms with Crippen molar-refractivity contribution in [3.63, 3.8) is 0 Å². The molecular formula is C15H16N2O. The molecule has 2 aromatic rings. The monoisotopic (exact) mass is 240 g/mol. The van der Waals surface area contributed by atoms with Crippen LogP contribution in [0.2, 0.25) is 0 Å². The van der Waals surface area contributed by atoms with E-state index in [0.717, 1.165) is 18.7 Å². The third-order valence-corrected chi connectivity index (χ3v) is 2.94. The Hall–Kier alpha value is -2.05. The van der Waals surface area contributed by atoms with Crippen molar-refractivity contribution in [3.05, 3.63) is 59.5 Å². The molecule has 0 spiro atoms. The molecule has 1 heterocycles. The molecule has 92 valence electrons. The second-order valence-electron chi connectivity index (χ2n) is 4.24. The maximum Gasteiger partial charge on any atom is 0.105 e. The summed E-state index contributed by atoms with van der Waals surface area (Å²) < 4.78 is 5.28. The molecule has 0 saturated carbocycles. The average molecular weight is 240 g/mol. The quantitative estimate of drug-likeness (QED) is 0.873. The summed E-state index contributed by atoms with van der Waals surface area (Å²) in [6, 6.07) is 13.9. The standard InChI is InChI=1S/C15H16N2O/c1-12(14-6-4-13(11-16)5-7-14)17-9-8-15-3-2-10-18-15/h2-7,10,12,17H,8-9H2,1H3. The highest BCUT2D eigenvalue weighted by molar-refractivity contribution is 5.32. The summed E-state index contributed by atoms with van der Waals surface area (Å²) in [4.78, 5) is 0. The summed E-state index contributed by atoms with van der Waals surface area (Å²) in [5.74, 6) is 0.995. The second kappa shape index (κ2) is 6.04. The summed E-state index contributed by atoms with van der Waals surface area (Å²) in [6.07, 6.45) is 2.58. The van der Waals surface area contributed by atoms with E-state index in [9.17, 15) is 0 Å².